The van der Waals surface area contributed by atoms with Crippen LogP contribution < -0.4 is 9.75 Å². The Hall–Kier alpha value is -5.26. The molecule has 0 N–H and O–H groups in total. The van der Waals surface area contributed by atoms with Gasteiger partial charge in [0.05, 0.1) is 30.1 Å². The van der Waals surface area contributed by atoms with Gasteiger partial charge >= 0.3 is 5.97 Å². The van der Waals surface area contributed by atoms with Crippen LogP contribution in [-0.4, -0.2) is 45.9 Å². The smallest absolute Gasteiger partial charge is 0.344 e. The van der Waals surface area contributed by atoms with Gasteiger partial charge < -0.3 is 19.3 Å². The first kappa shape index (κ1) is 28.8. The third-order valence-corrected chi connectivity index (χ3v) is 7.31. The van der Waals surface area contributed by atoms with Crippen molar-refractivity contribution in [2.24, 2.45) is 4.99 Å². The fourth-order valence-corrected chi connectivity index (χ4v) is 4.97. The molecule has 0 fully saturated rings. The van der Waals surface area contributed by atoms with Crippen molar-refractivity contribution in [3.05, 3.63) is 129 Å². The highest BCUT2D eigenvalue weighted by molar-refractivity contribution is 6.32. The maximum absolute atomic E-state index is 12.2. The number of aliphatic imine (C=N–C) groups is 1. The van der Waals surface area contributed by atoms with E-state index in [1.165, 1.54) is 29.3 Å². The van der Waals surface area contributed by atoms with E-state index in [2.05, 4.69) is 15.2 Å². The zero-order chi connectivity index (χ0) is 30.8. The molecule has 0 aliphatic carbocycles. The molecular weight excluding hydrogens is 607 g/mol. The maximum Gasteiger partial charge on any atom is 0.344 e. The molecule has 220 valence electrons. The van der Waals surface area contributed by atoms with Crippen LogP contribution in [-0.2, 0) is 16.1 Å². The van der Waals surface area contributed by atoms with Crippen LogP contribution in [0.3, 0.4) is 0 Å². The predicted octanol–water partition coefficient (Wildman–Crippen LogP) is 5.27. The molecule has 0 unspecified atom stereocenters. The lowest BCUT2D eigenvalue weighted by Crippen LogP contribution is -2.33. The minimum absolute atomic E-state index is 0.0282. The molecule has 1 amide bonds. The first-order valence-electron chi connectivity index (χ1n) is 13.2. The predicted molar refractivity (Wildman–Crippen MR) is 164 cm³/mol. The molecule has 0 bridgehead atoms. The number of rotatable bonds is 4. The molecule has 3 aromatic heterocycles. The van der Waals surface area contributed by atoms with Crippen molar-refractivity contribution in [3.8, 4) is 0 Å². The second kappa shape index (κ2) is 12.2. The number of anilines is 1. The van der Waals surface area contributed by atoms with E-state index in [0.717, 1.165) is 22.5 Å². The molecule has 6 aromatic rings. The number of fused-ring (bicyclic) bond motifs is 4. The summed E-state index contributed by atoms with van der Waals surface area (Å²) >= 11 is 12.1. The molecule has 7 rings (SSSR count). The van der Waals surface area contributed by atoms with Gasteiger partial charge in [0.25, 0.3) is 5.52 Å². The lowest BCUT2D eigenvalue weighted by Gasteiger charge is -2.18. The van der Waals surface area contributed by atoms with Gasteiger partial charge in [-0.1, -0.05) is 53.5 Å². The molecule has 1 aliphatic rings. The van der Waals surface area contributed by atoms with Gasteiger partial charge in [0.15, 0.2) is 0 Å². The van der Waals surface area contributed by atoms with Crippen molar-refractivity contribution < 1.29 is 23.6 Å². The van der Waals surface area contributed by atoms with E-state index in [9.17, 15) is 14.8 Å². The highest BCUT2D eigenvalue weighted by Crippen LogP contribution is 2.28. The molecule has 44 heavy (non-hydrogen) atoms. The Morgan fingerprint density at radius 3 is 2.61 bits per heavy atom. The van der Waals surface area contributed by atoms with E-state index in [4.69, 9.17) is 32.4 Å². The number of nitrogens with zero attached hydrogens (tertiary/aromatic N) is 6. The number of benzodiazepines with no additional fused rings is 1. The molecule has 0 saturated heterocycles. The maximum atomic E-state index is 12.2. The summed E-state index contributed by atoms with van der Waals surface area (Å²) in [5, 5.41) is 21.1. The molecule has 0 spiro atoms. The molecule has 0 atom stereocenters. The highest BCUT2D eigenvalue weighted by atomic mass is 35.5. The number of likely N-dealkylation sites (N-methyl/N-ethyl adjacent to an activating group) is 1. The molecule has 4 heterocycles. The number of amides is 1. The van der Waals surface area contributed by atoms with Crippen LogP contribution in [0.4, 0.5) is 5.69 Å². The molecule has 1 aliphatic heterocycles. The Morgan fingerprint density at radius 1 is 1.07 bits per heavy atom. The van der Waals surface area contributed by atoms with Crippen LogP contribution in [0.2, 0.25) is 10.0 Å². The lowest BCUT2D eigenvalue weighted by molar-refractivity contribution is -0.640. The van der Waals surface area contributed by atoms with Crippen molar-refractivity contribution in [1.82, 2.24) is 14.7 Å². The Balaban J connectivity index is 0.000000159. The van der Waals surface area contributed by atoms with Crippen molar-refractivity contribution in [1.29, 1.82) is 0 Å². The summed E-state index contributed by atoms with van der Waals surface area (Å²) in [6, 6.07) is 21.7. The van der Waals surface area contributed by atoms with E-state index >= 15 is 0 Å². The average molecular weight is 629 g/mol. The van der Waals surface area contributed by atoms with Gasteiger partial charge in [-0.15, -0.1) is 0 Å². The number of aromatic nitrogens is 4. The summed E-state index contributed by atoms with van der Waals surface area (Å²) in [5.41, 5.74) is 5.13. The third-order valence-electron chi connectivity index (χ3n) is 6.84. The Bertz CT molecular complexity index is 2040. The number of hydrogen-bond donors (Lipinski definition) is 0. The van der Waals surface area contributed by atoms with Crippen LogP contribution in [0.1, 0.15) is 27.0 Å². The lowest BCUT2D eigenvalue weighted by atomic mass is 10.0. The number of hydrogen-bond acceptors (Lipinski definition) is 8. The van der Waals surface area contributed by atoms with Gasteiger partial charge in [-0.2, -0.15) is 5.10 Å². The van der Waals surface area contributed by atoms with Gasteiger partial charge in [-0.3, -0.25) is 9.79 Å². The van der Waals surface area contributed by atoms with Gasteiger partial charge in [0.1, 0.15) is 24.2 Å². The zero-order valence-electron chi connectivity index (χ0n) is 23.1. The number of ether oxygens (including phenoxy) is 1. The zero-order valence-corrected chi connectivity index (χ0v) is 24.6. The monoisotopic (exact) mass is 628 g/mol. The van der Waals surface area contributed by atoms with Gasteiger partial charge in [0.2, 0.25) is 11.6 Å². The molecule has 0 radical (unpaired) electrons. The molecule has 0 saturated carbocycles. The molecule has 13 heteroatoms. The Kier molecular flexibility index (Phi) is 7.97. The SMILES string of the molecule is CN1C(=O)CN=C(c2ccccc2)c2cc(Cl)ccc21.O=C(OCc1ccoc1)c1cnn2c1n[n+]([O-])c1ccc(Cl)cc12. The topological polar surface area (TPSA) is 129 Å². The second-order valence-corrected chi connectivity index (χ2v) is 10.5. The fraction of sp³-hybridized carbons (Fsp3) is 0.0968. The van der Waals surface area contributed by atoms with Crippen molar-refractivity contribution in [3.63, 3.8) is 0 Å². The third kappa shape index (κ3) is 5.70. The van der Waals surface area contributed by atoms with Crippen molar-refractivity contribution in [2.75, 3.05) is 18.5 Å². The summed E-state index contributed by atoms with van der Waals surface area (Å²) in [5.74, 6) is -0.667. The highest BCUT2D eigenvalue weighted by Gasteiger charge is 2.23. The minimum Gasteiger partial charge on any atom is -0.594 e. The number of esters is 1. The Morgan fingerprint density at radius 2 is 1.84 bits per heavy atom. The first-order chi connectivity index (χ1) is 21.3. The summed E-state index contributed by atoms with van der Waals surface area (Å²) in [4.78, 5) is 30.8. The first-order valence-corrected chi connectivity index (χ1v) is 14.0. The quantitative estimate of drug-likeness (QED) is 0.148. The normalized spacial score (nSPS) is 12.8. The largest absolute Gasteiger partial charge is 0.594 e. The van der Waals surface area contributed by atoms with Crippen LogP contribution in [0.15, 0.2) is 101 Å². The van der Waals surface area contributed by atoms with Crippen molar-refractivity contribution >= 4 is 63.2 Å². The van der Waals surface area contributed by atoms with E-state index in [-0.39, 0.29) is 35.8 Å². The van der Waals surface area contributed by atoms with Gasteiger partial charge in [-0.05, 0) is 41.2 Å². The van der Waals surface area contributed by atoms with E-state index < -0.39 is 5.97 Å². The Labute approximate surface area is 260 Å². The number of carbonyl (C=O) groups excluding carboxylic acids is 2. The minimum atomic E-state index is -0.639. The van der Waals surface area contributed by atoms with E-state index in [1.807, 2.05) is 42.5 Å². The second-order valence-electron chi connectivity index (χ2n) is 9.65. The number of halogens is 2. The summed E-state index contributed by atoms with van der Waals surface area (Å²) in [6.07, 6.45) is 4.26. The summed E-state index contributed by atoms with van der Waals surface area (Å²) in [6.45, 7) is 0.191. The average Bonchev–Trinajstić information content (AvgIpc) is 3.69. The van der Waals surface area contributed by atoms with Gasteiger partial charge in [0, 0.05) is 44.9 Å². The molecule has 11 nitrogen and oxygen atoms in total. The van der Waals surface area contributed by atoms with Crippen LogP contribution in [0.5, 0.6) is 0 Å². The van der Waals surface area contributed by atoms with Crippen LogP contribution in [0, 0.1) is 5.21 Å². The van der Waals surface area contributed by atoms with E-state index in [0.29, 0.717) is 26.0 Å². The number of furan rings is 1. The summed E-state index contributed by atoms with van der Waals surface area (Å²) in [7, 11) is 1.76. The summed E-state index contributed by atoms with van der Waals surface area (Å²) < 4.78 is 11.5. The molecular formula is C31H22Cl2N6O5. The fourth-order valence-electron chi connectivity index (χ4n) is 4.63. The van der Waals surface area contributed by atoms with Crippen LogP contribution >= 0.6 is 23.2 Å². The molecule has 3 aromatic carbocycles. The van der Waals surface area contributed by atoms with E-state index in [1.54, 1.807) is 36.2 Å². The van der Waals surface area contributed by atoms with Crippen LogP contribution in [0.25, 0.3) is 16.7 Å². The standard InChI is InChI=1S/C16H13ClN2O.C15H9ClN4O4/c1-19-14-8-7-12(17)9-13(14)16(18-10-15(19)20)11-5-3-2-4-6-11;16-10-1-2-12-13(5-10)19-14(18-20(12)22)11(6-17-19)15(21)24-8-9-3-4-23-7-9/h2-9H,10H2,1H3;1-7H,8H2. The number of benzene rings is 3. The van der Waals surface area contributed by atoms with Gasteiger partial charge in [-0.25, -0.2) is 9.31 Å². The van der Waals surface area contributed by atoms with Crippen molar-refractivity contribution in [2.45, 2.75) is 6.61 Å². The number of carbonyl (C=O) groups is 2.